The summed E-state index contributed by atoms with van der Waals surface area (Å²) in [5.41, 5.74) is 1.65. The summed E-state index contributed by atoms with van der Waals surface area (Å²) in [7, 11) is 0. The predicted molar refractivity (Wildman–Crippen MR) is 72.1 cm³/mol. The van der Waals surface area contributed by atoms with Crippen LogP contribution in [-0.2, 0) is 0 Å². The largest absolute Gasteiger partial charge is 0.322 e. The van der Waals surface area contributed by atoms with Gasteiger partial charge in [0.1, 0.15) is 0 Å². The van der Waals surface area contributed by atoms with Crippen molar-refractivity contribution in [2.45, 2.75) is 0 Å². The van der Waals surface area contributed by atoms with Gasteiger partial charge in [-0.2, -0.15) is 0 Å². The third kappa shape index (κ3) is 1.98. The van der Waals surface area contributed by atoms with E-state index in [-0.39, 0.29) is 0 Å². The molecule has 0 unspecified atom stereocenters. The van der Waals surface area contributed by atoms with Gasteiger partial charge in [0.05, 0.1) is 16.2 Å². The highest BCUT2D eigenvalue weighted by Crippen LogP contribution is 2.30. The summed E-state index contributed by atoms with van der Waals surface area (Å²) in [6.45, 7) is 0. The Bertz CT molecular complexity index is 685. The fraction of sp³-hybridized carbons (Fsp3) is 0. The number of benzene rings is 1. The average Bonchev–Trinajstić information content (AvgIpc) is 2.43. The Morgan fingerprint density at radius 1 is 0.944 bits per heavy atom. The number of aromatic nitrogens is 3. The molecular weight excluding hydrogens is 248 g/mol. The zero-order chi connectivity index (χ0) is 12.4. The molecule has 0 aliphatic carbocycles. The van der Waals surface area contributed by atoms with Gasteiger partial charge in [-0.05, 0) is 12.1 Å². The van der Waals surface area contributed by atoms with E-state index in [0.717, 1.165) is 16.6 Å². The number of hydrogen-bond acceptors (Lipinski definition) is 4. The fourth-order valence-electron chi connectivity index (χ4n) is 1.72. The monoisotopic (exact) mass is 256 g/mol. The highest BCUT2D eigenvalue weighted by atomic mass is 35.5. The van der Waals surface area contributed by atoms with Gasteiger partial charge in [0.2, 0.25) is 5.95 Å². The van der Waals surface area contributed by atoms with Crippen LogP contribution in [0.5, 0.6) is 0 Å². The van der Waals surface area contributed by atoms with Gasteiger partial charge in [-0.1, -0.05) is 29.8 Å². The molecule has 0 bridgehead atoms. The molecule has 18 heavy (non-hydrogen) atoms. The van der Waals surface area contributed by atoms with Crippen LogP contribution in [0, 0.1) is 0 Å². The van der Waals surface area contributed by atoms with E-state index in [1.807, 2.05) is 24.3 Å². The Morgan fingerprint density at radius 2 is 1.72 bits per heavy atom. The summed E-state index contributed by atoms with van der Waals surface area (Å²) in [4.78, 5) is 12.5. The van der Waals surface area contributed by atoms with Gasteiger partial charge in [-0.25, -0.2) is 9.97 Å². The van der Waals surface area contributed by atoms with E-state index in [0.29, 0.717) is 11.0 Å². The minimum Gasteiger partial charge on any atom is -0.322 e. The molecule has 0 aliphatic rings. The molecule has 1 N–H and O–H groups in total. The first kappa shape index (κ1) is 10.9. The number of anilines is 2. The second-order valence-corrected chi connectivity index (χ2v) is 4.10. The van der Waals surface area contributed by atoms with Gasteiger partial charge in [0.25, 0.3) is 0 Å². The Hall–Kier alpha value is -2.20. The molecule has 2 heterocycles. The number of hydrogen-bond donors (Lipinski definition) is 1. The maximum atomic E-state index is 6.17. The fourth-order valence-corrected chi connectivity index (χ4v) is 1.92. The molecule has 0 atom stereocenters. The van der Waals surface area contributed by atoms with Crippen LogP contribution in [0.2, 0.25) is 5.02 Å². The van der Waals surface area contributed by atoms with E-state index < -0.39 is 0 Å². The quantitative estimate of drug-likeness (QED) is 0.763. The van der Waals surface area contributed by atoms with Crippen molar-refractivity contribution >= 4 is 34.1 Å². The highest BCUT2D eigenvalue weighted by molar-refractivity contribution is 6.34. The molecule has 0 saturated carbocycles. The minimum atomic E-state index is 0.510. The van der Waals surface area contributed by atoms with Gasteiger partial charge in [0.15, 0.2) is 0 Å². The number of nitrogens with one attached hydrogen (secondary N) is 1. The lowest BCUT2D eigenvalue weighted by Crippen LogP contribution is -1.98. The number of para-hydroxylation sites is 1. The van der Waals surface area contributed by atoms with Gasteiger partial charge in [-0.3, -0.25) is 4.98 Å². The van der Waals surface area contributed by atoms with E-state index in [2.05, 4.69) is 20.3 Å². The molecule has 2 aromatic heterocycles. The molecule has 3 rings (SSSR count). The van der Waals surface area contributed by atoms with Crippen molar-refractivity contribution in [2.24, 2.45) is 0 Å². The minimum absolute atomic E-state index is 0.510. The van der Waals surface area contributed by atoms with Crippen LogP contribution in [0.1, 0.15) is 0 Å². The molecule has 0 fully saturated rings. The maximum Gasteiger partial charge on any atom is 0.227 e. The number of pyridine rings is 1. The van der Waals surface area contributed by atoms with Crippen LogP contribution in [0.15, 0.2) is 48.9 Å². The van der Waals surface area contributed by atoms with Gasteiger partial charge in [-0.15, -0.1) is 0 Å². The third-order valence-electron chi connectivity index (χ3n) is 2.53. The number of nitrogens with zero attached hydrogens (tertiary/aromatic N) is 3. The zero-order valence-electron chi connectivity index (χ0n) is 9.34. The van der Waals surface area contributed by atoms with Crippen molar-refractivity contribution < 1.29 is 0 Å². The number of fused-ring (bicyclic) bond motifs is 1. The second-order valence-electron chi connectivity index (χ2n) is 3.70. The van der Waals surface area contributed by atoms with E-state index in [1.165, 1.54) is 0 Å². The lowest BCUT2D eigenvalue weighted by molar-refractivity contribution is 1.17. The molecule has 0 amide bonds. The van der Waals surface area contributed by atoms with Crippen molar-refractivity contribution in [3.8, 4) is 0 Å². The first-order valence-corrected chi connectivity index (χ1v) is 5.80. The molecular formula is C13H9ClN4. The van der Waals surface area contributed by atoms with Gasteiger partial charge < -0.3 is 5.32 Å². The van der Waals surface area contributed by atoms with E-state index in [9.17, 15) is 0 Å². The first-order chi connectivity index (χ1) is 8.84. The van der Waals surface area contributed by atoms with Crippen LogP contribution in [0.3, 0.4) is 0 Å². The van der Waals surface area contributed by atoms with Crippen LogP contribution >= 0.6 is 11.6 Å². The Kier molecular flexibility index (Phi) is 2.78. The molecule has 1 aromatic carbocycles. The number of halogens is 1. The van der Waals surface area contributed by atoms with Crippen molar-refractivity contribution in [2.75, 3.05) is 5.32 Å². The molecule has 4 nitrogen and oxygen atoms in total. The summed E-state index contributed by atoms with van der Waals surface area (Å²) in [6, 6.07) is 9.53. The van der Waals surface area contributed by atoms with Crippen molar-refractivity contribution in [1.29, 1.82) is 0 Å². The van der Waals surface area contributed by atoms with Crippen LogP contribution in [-0.4, -0.2) is 15.0 Å². The lowest BCUT2D eigenvalue weighted by atomic mass is 10.2. The predicted octanol–water partition coefficient (Wildman–Crippen LogP) is 3.42. The molecule has 0 saturated heterocycles. The van der Waals surface area contributed by atoms with Crippen molar-refractivity contribution in [3.63, 3.8) is 0 Å². The van der Waals surface area contributed by atoms with E-state index in [4.69, 9.17) is 11.6 Å². The van der Waals surface area contributed by atoms with Crippen molar-refractivity contribution in [1.82, 2.24) is 15.0 Å². The highest BCUT2D eigenvalue weighted by Gasteiger charge is 2.08. The summed E-state index contributed by atoms with van der Waals surface area (Å²) in [6.07, 6.45) is 4.97. The second kappa shape index (κ2) is 4.58. The topological polar surface area (TPSA) is 50.7 Å². The van der Waals surface area contributed by atoms with Crippen molar-refractivity contribution in [3.05, 3.63) is 53.9 Å². The Labute approximate surface area is 109 Å². The normalized spacial score (nSPS) is 10.5. The van der Waals surface area contributed by atoms with Crippen LogP contribution in [0.4, 0.5) is 11.6 Å². The summed E-state index contributed by atoms with van der Waals surface area (Å²) < 4.78 is 0. The smallest absolute Gasteiger partial charge is 0.227 e. The van der Waals surface area contributed by atoms with E-state index >= 15 is 0 Å². The molecule has 5 heteroatoms. The molecule has 0 aliphatic heterocycles. The van der Waals surface area contributed by atoms with Crippen LogP contribution < -0.4 is 5.32 Å². The van der Waals surface area contributed by atoms with Crippen LogP contribution in [0.25, 0.3) is 10.9 Å². The summed E-state index contributed by atoms with van der Waals surface area (Å²) >= 11 is 6.17. The van der Waals surface area contributed by atoms with Gasteiger partial charge in [0, 0.05) is 24.0 Å². The van der Waals surface area contributed by atoms with E-state index in [1.54, 1.807) is 24.7 Å². The number of rotatable bonds is 2. The Morgan fingerprint density at radius 3 is 2.56 bits per heavy atom. The maximum absolute atomic E-state index is 6.17. The molecule has 3 aromatic rings. The zero-order valence-corrected chi connectivity index (χ0v) is 10.1. The summed E-state index contributed by atoms with van der Waals surface area (Å²) in [5, 5.41) is 4.61. The molecule has 0 spiro atoms. The summed E-state index contributed by atoms with van der Waals surface area (Å²) in [5.74, 6) is 0.510. The molecule has 88 valence electrons. The lowest BCUT2D eigenvalue weighted by Gasteiger charge is -2.09. The third-order valence-corrected chi connectivity index (χ3v) is 2.82. The standard InChI is InChI=1S/C13H9ClN4/c14-10-8-17-11-5-2-1-4-9(11)12(10)18-13-15-6-3-7-16-13/h1-8H,(H,15,16,17,18). The van der Waals surface area contributed by atoms with Gasteiger partial charge >= 0.3 is 0 Å². The Balaban J connectivity index is 2.13. The average molecular weight is 257 g/mol. The molecule has 0 radical (unpaired) electrons. The first-order valence-electron chi connectivity index (χ1n) is 5.42. The SMILES string of the molecule is Clc1cnc2ccccc2c1Nc1ncccn1.